The quantitative estimate of drug-likeness (QED) is 0.678. The third-order valence-corrected chi connectivity index (χ3v) is 5.03. The lowest BCUT2D eigenvalue weighted by molar-refractivity contribution is 0.0282. The van der Waals surface area contributed by atoms with Crippen LogP contribution in [0.15, 0.2) is 26.0 Å². The van der Waals surface area contributed by atoms with Crippen LogP contribution in [0.2, 0.25) is 0 Å². The largest absolute Gasteiger partial charge is 0.449 e. The average Bonchev–Trinajstić information content (AvgIpc) is 3.03. The molecule has 0 fully saturated rings. The van der Waals surface area contributed by atoms with Crippen molar-refractivity contribution in [2.75, 3.05) is 0 Å². The number of hydrogen-bond acceptors (Lipinski definition) is 6. The number of furan rings is 1. The zero-order valence-corrected chi connectivity index (χ0v) is 15.0. The minimum Gasteiger partial charge on any atom is -0.449 e. The first-order chi connectivity index (χ1) is 10.9. The fraction of sp³-hybridized carbons (Fsp3) is 0.267. The van der Waals surface area contributed by atoms with E-state index in [1.807, 2.05) is 13.8 Å². The molecule has 3 aromatic rings. The van der Waals surface area contributed by atoms with Crippen LogP contribution >= 0.6 is 27.3 Å². The molecule has 0 aliphatic carbocycles. The number of halogens is 1. The molecule has 0 aliphatic heterocycles. The molecule has 0 unspecified atom stereocenters. The number of H-pyrrole nitrogens is 1. The number of nitrogens with one attached hydrogen (secondary N) is 1. The number of aromatic nitrogens is 2. The molecule has 23 heavy (non-hydrogen) atoms. The molecule has 0 bridgehead atoms. The Morgan fingerprint density at radius 3 is 2.83 bits per heavy atom. The molecule has 120 valence electrons. The number of rotatable bonds is 3. The van der Waals surface area contributed by atoms with Crippen LogP contribution in [0.1, 0.15) is 39.8 Å². The smallest absolute Gasteiger partial charge is 0.374 e. The van der Waals surface area contributed by atoms with Gasteiger partial charge in [-0.15, -0.1) is 11.3 Å². The van der Waals surface area contributed by atoms with E-state index < -0.39 is 12.1 Å². The Bertz CT molecular complexity index is 956. The zero-order chi connectivity index (χ0) is 16.7. The summed E-state index contributed by atoms with van der Waals surface area (Å²) < 4.78 is 10.9. The molecule has 1 atom stereocenters. The molecule has 6 nitrogen and oxygen atoms in total. The van der Waals surface area contributed by atoms with E-state index in [9.17, 15) is 9.59 Å². The molecule has 0 aliphatic rings. The predicted molar refractivity (Wildman–Crippen MR) is 90.0 cm³/mol. The molecule has 3 aromatic heterocycles. The summed E-state index contributed by atoms with van der Waals surface area (Å²) in [7, 11) is 0. The van der Waals surface area contributed by atoms with Gasteiger partial charge in [0.2, 0.25) is 5.76 Å². The van der Waals surface area contributed by atoms with Crippen molar-refractivity contribution >= 4 is 43.5 Å². The van der Waals surface area contributed by atoms with E-state index in [1.165, 1.54) is 17.4 Å². The number of nitrogens with zero attached hydrogens (tertiary/aromatic N) is 1. The van der Waals surface area contributed by atoms with Crippen molar-refractivity contribution in [1.82, 2.24) is 9.97 Å². The van der Waals surface area contributed by atoms with Gasteiger partial charge in [0, 0.05) is 4.88 Å². The molecule has 8 heteroatoms. The summed E-state index contributed by atoms with van der Waals surface area (Å²) in [4.78, 5) is 33.0. The van der Waals surface area contributed by atoms with Gasteiger partial charge in [-0.25, -0.2) is 9.78 Å². The van der Waals surface area contributed by atoms with Crippen LogP contribution in [-0.4, -0.2) is 15.9 Å². The number of hydrogen-bond donors (Lipinski definition) is 1. The van der Waals surface area contributed by atoms with E-state index in [-0.39, 0.29) is 11.3 Å². The molecule has 0 aromatic carbocycles. The normalized spacial score (nSPS) is 12.5. The van der Waals surface area contributed by atoms with E-state index in [0.717, 1.165) is 10.4 Å². The number of aryl methyl sites for hydroxylation is 2. The van der Waals surface area contributed by atoms with Crippen molar-refractivity contribution in [1.29, 1.82) is 0 Å². The Morgan fingerprint density at radius 2 is 2.17 bits per heavy atom. The summed E-state index contributed by atoms with van der Waals surface area (Å²) in [6.45, 7) is 5.48. The van der Waals surface area contributed by atoms with Crippen LogP contribution in [0.25, 0.3) is 10.2 Å². The van der Waals surface area contributed by atoms with Crippen molar-refractivity contribution in [2.45, 2.75) is 26.9 Å². The lowest BCUT2D eigenvalue weighted by Gasteiger charge is -2.11. The van der Waals surface area contributed by atoms with Crippen LogP contribution < -0.4 is 5.56 Å². The maximum Gasteiger partial charge on any atom is 0.374 e. The second-order valence-electron chi connectivity index (χ2n) is 5.07. The monoisotopic (exact) mass is 396 g/mol. The highest BCUT2D eigenvalue weighted by Crippen LogP contribution is 2.27. The molecule has 3 heterocycles. The molecule has 0 amide bonds. The van der Waals surface area contributed by atoms with Gasteiger partial charge in [-0.05, 0) is 54.4 Å². The van der Waals surface area contributed by atoms with E-state index in [0.29, 0.717) is 20.7 Å². The van der Waals surface area contributed by atoms with E-state index in [2.05, 4.69) is 25.9 Å². The van der Waals surface area contributed by atoms with Gasteiger partial charge in [-0.3, -0.25) is 4.79 Å². The van der Waals surface area contributed by atoms with Gasteiger partial charge in [-0.1, -0.05) is 0 Å². The van der Waals surface area contributed by atoms with Gasteiger partial charge >= 0.3 is 5.97 Å². The van der Waals surface area contributed by atoms with Crippen LogP contribution in [0, 0.1) is 13.8 Å². The number of ether oxygens (including phenoxy) is 1. The van der Waals surface area contributed by atoms with Crippen LogP contribution in [-0.2, 0) is 4.74 Å². The van der Waals surface area contributed by atoms with Gasteiger partial charge in [0.25, 0.3) is 5.56 Å². The highest BCUT2D eigenvalue weighted by Gasteiger charge is 2.20. The van der Waals surface area contributed by atoms with Crippen LogP contribution in [0.5, 0.6) is 0 Å². The van der Waals surface area contributed by atoms with Crippen LogP contribution in [0.3, 0.4) is 0 Å². The van der Waals surface area contributed by atoms with Crippen molar-refractivity contribution in [3.8, 4) is 0 Å². The second-order valence-corrected chi connectivity index (χ2v) is 7.05. The molecule has 0 saturated carbocycles. The summed E-state index contributed by atoms with van der Waals surface area (Å²) in [5.41, 5.74) is 0.700. The molecule has 1 N–H and O–H groups in total. The predicted octanol–water partition coefficient (Wildman–Crippen LogP) is 3.87. The lowest BCUT2D eigenvalue weighted by Crippen LogP contribution is -2.17. The number of esters is 1. The fourth-order valence-electron chi connectivity index (χ4n) is 2.16. The Morgan fingerprint density at radius 1 is 1.43 bits per heavy atom. The molecule has 0 saturated heterocycles. The van der Waals surface area contributed by atoms with Gasteiger partial charge in [-0.2, -0.15) is 0 Å². The van der Waals surface area contributed by atoms with Gasteiger partial charge in [0.1, 0.15) is 4.83 Å². The minimum atomic E-state index is -0.703. The first-order valence-corrected chi connectivity index (χ1v) is 8.44. The number of aromatic amines is 1. The van der Waals surface area contributed by atoms with E-state index in [1.54, 1.807) is 13.0 Å². The Labute approximate surface area is 143 Å². The van der Waals surface area contributed by atoms with Crippen molar-refractivity contribution < 1.29 is 13.9 Å². The first kappa shape index (κ1) is 15.9. The maximum atomic E-state index is 12.2. The van der Waals surface area contributed by atoms with Gasteiger partial charge < -0.3 is 14.1 Å². The maximum absolute atomic E-state index is 12.2. The number of fused-ring (bicyclic) bond motifs is 1. The Hall–Kier alpha value is -1.93. The topological polar surface area (TPSA) is 85.2 Å². The summed E-state index contributed by atoms with van der Waals surface area (Å²) in [6, 6.07) is 3.11. The van der Waals surface area contributed by atoms with Crippen molar-refractivity contribution in [2.24, 2.45) is 0 Å². The third-order valence-electron chi connectivity index (χ3n) is 3.50. The van der Waals surface area contributed by atoms with E-state index in [4.69, 9.17) is 9.15 Å². The number of thiophene rings is 1. The van der Waals surface area contributed by atoms with Crippen LogP contribution in [0.4, 0.5) is 0 Å². The third kappa shape index (κ3) is 2.96. The van der Waals surface area contributed by atoms with Gasteiger partial charge in [0.15, 0.2) is 16.6 Å². The van der Waals surface area contributed by atoms with Crippen molar-refractivity contribution in [3.63, 3.8) is 0 Å². The summed E-state index contributed by atoms with van der Waals surface area (Å²) in [6.07, 6.45) is -0.703. The summed E-state index contributed by atoms with van der Waals surface area (Å²) >= 11 is 4.57. The minimum absolute atomic E-state index is 0.0787. The Balaban J connectivity index is 1.90. The first-order valence-electron chi connectivity index (χ1n) is 6.83. The van der Waals surface area contributed by atoms with Gasteiger partial charge in [0.05, 0.1) is 5.39 Å². The summed E-state index contributed by atoms with van der Waals surface area (Å²) in [5, 5.41) is 0.588. The fourth-order valence-corrected chi connectivity index (χ4v) is 3.51. The molecule has 0 radical (unpaired) electrons. The highest BCUT2D eigenvalue weighted by atomic mass is 79.9. The molecule has 3 rings (SSSR count). The average molecular weight is 397 g/mol. The zero-order valence-electron chi connectivity index (χ0n) is 12.6. The molecular formula is C15H13BrN2O4S. The SMILES string of the molecule is Cc1sc2nc([C@H](C)OC(=O)c3ccc(Br)o3)[nH]c(=O)c2c1C. The Kier molecular flexibility index (Phi) is 4.11. The highest BCUT2D eigenvalue weighted by molar-refractivity contribution is 9.10. The molecule has 0 spiro atoms. The van der Waals surface area contributed by atoms with Crippen molar-refractivity contribution in [3.05, 3.63) is 49.2 Å². The number of carbonyl (C=O) groups is 1. The second kappa shape index (κ2) is 5.93. The summed E-state index contributed by atoms with van der Waals surface area (Å²) in [5.74, 6) is -0.234. The number of carbonyl (C=O) groups excluding carboxylic acids is 1. The lowest BCUT2D eigenvalue weighted by atomic mass is 10.2. The standard InChI is InChI=1S/C15H13BrN2O4S/c1-6-8(3)23-14-11(6)13(19)17-12(18-14)7(2)21-15(20)9-4-5-10(16)22-9/h4-5,7H,1-3H3,(H,17,18,19)/t7-/m0/s1. The van der Waals surface area contributed by atoms with E-state index >= 15 is 0 Å². The molecular weight excluding hydrogens is 384 g/mol.